The average molecular weight is 205 g/mol. The van der Waals surface area contributed by atoms with Crippen LogP contribution in [0.1, 0.15) is 39.5 Å². The van der Waals surface area contributed by atoms with Crippen LogP contribution in [0.2, 0.25) is 0 Å². The van der Waals surface area contributed by atoms with E-state index in [1.807, 2.05) is 6.08 Å². The lowest BCUT2D eigenvalue weighted by Gasteiger charge is -2.19. The van der Waals surface area contributed by atoms with Gasteiger partial charge in [0.05, 0.1) is 0 Å². The predicted octanol–water partition coefficient (Wildman–Crippen LogP) is 3.58. The third kappa shape index (κ3) is 3.67. The van der Waals surface area contributed by atoms with Crippen molar-refractivity contribution in [3.8, 4) is 0 Å². The van der Waals surface area contributed by atoms with Gasteiger partial charge in [0.25, 0.3) is 0 Å². The maximum atomic E-state index is 6.23. The summed E-state index contributed by atoms with van der Waals surface area (Å²) in [5.41, 5.74) is 8.71. The van der Waals surface area contributed by atoms with Gasteiger partial charge in [-0.3, -0.25) is 0 Å². The van der Waals surface area contributed by atoms with Crippen molar-refractivity contribution in [1.82, 2.24) is 0 Å². The second kappa shape index (κ2) is 5.92. The number of hydrogen-bond acceptors (Lipinski definition) is 1. The normalized spacial score (nSPS) is 21.8. The topological polar surface area (TPSA) is 26.0 Å². The van der Waals surface area contributed by atoms with E-state index in [0.717, 1.165) is 0 Å². The van der Waals surface area contributed by atoms with Crippen LogP contribution in [0.15, 0.2) is 36.0 Å². The third-order valence-electron chi connectivity index (χ3n) is 3.36. The Labute approximate surface area is 93.7 Å². The van der Waals surface area contributed by atoms with E-state index in [1.165, 1.54) is 36.8 Å². The molecule has 1 atom stereocenters. The summed E-state index contributed by atoms with van der Waals surface area (Å²) in [6.07, 6.45) is 11.4. The van der Waals surface area contributed by atoms with E-state index >= 15 is 0 Å². The Balaban J connectivity index is 2.58. The molecule has 0 bridgehead atoms. The van der Waals surface area contributed by atoms with Crippen molar-refractivity contribution in [3.63, 3.8) is 0 Å². The van der Waals surface area contributed by atoms with E-state index in [4.69, 9.17) is 5.73 Å². The van der Waals surface area contributed by atoms with Crippen molar-refractivity contribution >= 4 is 0 Å². The summed E-state index contributed by atoms with van der Waals surface area (Å²) in [7, 11) is 0. The van der Waals surface area contributed by atoms with E-state index in [1.54, 1.807) is 0 Å². The molecule has 1 aliphatic carbocycles. The predicted molar refractivity (Wildman–Crippen MR) is 67.6 cm³/mol. The van der Waals surface area contributed by atoms with E-state index in [0.29, 0.717) is 5.92 Å². The maximum absolute atomic E-state index is 6.23. The molecule has 1 heteroatoms. The van der Waals surface area contributed by atoms with Gasteiger partial charge in [-0.2, -0.15) is 0 Å². The molecule has 1 unspecified atom stereocenters. The molecule has 0 aromatic carbocycles. The molecule has 1 rings (SSSR count). The zero-order chi connectivity index (χ0) is 11.3. The van der Waals surface area contributed by atoms with Crippen molar-refractivity contribution < 1.29 is 0 Å². The monoisotopic (exact) mass is 205 g/mol. The first-order valence-corrected chi connectivity index (χ1v) is 5.88. The molecule has 0 amide bonds. The van der Waals surface area contributed by atoms with Gasteiger partial charge in [-0.15, -0.1) is 0 Å². The largest absolute Gasteiger partial charge is 0.324 e. The van der Waals surface area contributed by atoms with Crippen molar-refractivity contribution in [2.24, 2.45) is 11.7 Å². The van der Waals surface area contributed by atoms with Crippen LogP contribution in [-0.4, -0.2) is 6.04 Å². The molecule has 0 aliphatic heterocycles. The molecule has 1 fully saturated rings. The SMILES string of the molecule is C=C/C(C)=C\C=C(/C)C(N)C1CCCC1. The second-order valence-electron chi connectivity index (χ2n) is 4.60. The number of hydrogen-bond donors (Lipinski definition) is 1. The van der Waals surface area contributed by atoms with Gasteiger partial charge in [0.15, 0.2) is 0 Å². The fourth-order valence-corrected chi connectivity index (χ4v) is 2.13. The van der Waals surface area contributed by atoms with Crippen molar-refractivity contribution in [2.75, 3.05) is 0 Å². The minimum Gasteiger partial charge on any atom is -0.324 e. The molecule has 0 aromatic rings. The molecular formula is C14H23N. The van der Waals surface area contributed by atoms with E-state index in [2.05, 4.69) is 32.6 Å². The van der Waals surface area contributed by atoms with Crippen LogP contribution in [0.4, 0.5) is 0 Å². The summed E-state index contributed by atoms with van der Waals surface area (Å²) in [6, 6.07) is 0.251. The standard InChI is InChI=1S/C14H23N/c1-4-11(2)9-10-12(3)14(15)13-7-5-6-8-13/h4,9-10,13-14H,1,5-8,15H2,2-3H3/b11-9-,12-10+. The van der Waals surface area contributed by atoms with Gasteiger partial charge in [-0.1, -0.05) is 48.8 Å². The molecule has 0 saturated heterocycles. The van der Waals surface area contributed by atoms with E-state index in [-0.39, 0.29) is 6.04 Å². The maximum Gasteiger partial charge on any atom is 0.0282 e. The molecule has 0 aromatic heterocycles. The van der Waals surface area contributed by atoms with Crippen LogP contribution in [0, 0.1) is 5.92 Å². The molecule has 0 radical (unpaired) electrons. The van der Waals surface area contributed by atoms with Crippen LogP contribution in [0.3, 0.4) is 0 Å². The Hall–Kier alpha value is -0.820. The summed E-state index contributed by atoms with van der Waals surface area (Å²) in [5.74, 6) is 0.707. The second-order valence-corrected chi connectivity index (χ2v) is 4.60. The molecule has 84 valence electrons. The lowest BCUT2D eigenvalue weighted by molar-refractivity contribution is 0.474. The quantitative estimate of drug-likeness (QED) is 0.697. The van der Waals surface area contributed by atoms with Gasteiger partial charge >= 0.3 is 0 Å². The Morgan fingerprint density at radius 2 is 1.87 bits per heavy atom. The molecule has 1 saturated carbocycles. The fraction of sp³-hybridized carbons (Fsp3) is 0.571. The third-order valence-corrected chi connectivity index (χ3v) is 3.36. The lowest BCUT2D eigenvalue weighted by atomic mass is 9.93. The van der Waals surface area contributed by atoms with Gasteiger partial charge in [0.1, 0.15) is 0 Å². The zero-order valence-electron chi connectivity index (χ0n) is 10.00. The number of nitrogens with two attached hydrogens (primary N) is 1. The highest BCUT2D eigenvalue weighted by atomic mass is 14.7. The summed E-state index contributed by atoms with van der Waals surface area (Å²) in [6.45, 7) is 7.92. The highest BCUT2D eigenvalue weighted by Crippen LogP contribution is 2.29. The first-order valence-electron chi connectivity index (χ1n) is 5.88. The lowest BCUT2D eigenvalue weighted by Crippen LogP contribution is -2.29. The first kappa shape index (κ1) is 12.3. The van der Waals surface area contributed by atoms with Gasteiger partial charge in [0, 0.05) is 6.04 Å². The Morgan fingerprint density at radius 1 is 1.27 bits per heavy atom. The van der Waals surface area contributed by atoms with Gasteiger partial charge in [-0.25, -0.2) is 0 Å². The summed E-state index contributed by atoms with van der Waals surface area (Å²) < 4.78 is 0. The Bertz CT molecular complexity index is 267. The molecular weight excluding hydrogens is 182 g/mol. The molecule has 15 heavy (non-hydrogen) atoms. The van der Waals surface area contributed by atoms with E-state index < -0.39 is 0 Å². The van der Waals surface area contributed by atoms with Gasteiger partial charge in [0.2, 0.25) is 0 Å². The molecule has 1 nitrogen and oxygen atoms in total. The minimum absolute atomic E-state index is 0.251. The fourth-order valence-electron chi connectivity index (χ4n) is 2.13. The van der Waals surface area contributed by atoms with Crippen molar-refractivity contribution in [2.45, 2.75) is 45.6 Å². The smallest absolute Gasteiger partial charge is 0.0282 e. The Kier molecular flexibility index (Phi) is 4.83. The Morgan fingerprint density at radius 3 is 2.40 bits per heavy atom. The van der Waals surface area contributed by atoms with Crippen molar-refractivity contribution in [3.05, 3.63) is 36.0 Å². The highest BCUT2D eigenvalue weighted by molar-refractivity contribution is 5.24. The molecule has 2 N–H and O–H groups in total. The summed E-state index contributed by atoms with van der Waals surface area (Å²) in [4.78, 5) is 0. The van der Waals surface area contributed by atoms with Crippen molar-refractivity contribution in [1.29, 1.82) is 0 Å². The number of rotatable bonds is 4. The summed E-state index contributed by atoms with van der Waals surface area (Å²) in [5, 5.41) is 0. The average Bonchev–Trinajstić information content (AvgIpc) is 2.77. The van der Waals surface area contributed by atoms with Gasteiger partial charge in [-0.05, 0) is 32.6 Å². The van der Waals surface area contributed by atoms with Crippen LogP contribution in [0.5, 0.6) is 0 Å². The van der Waals surface area contributed by atoms with Gasteiger partial charge < -0.3 is 5.73 Å². The molecule has 1 aliphatic rings. The minimum atomic E-state index is 0.251. The van der Waals surface area contributed by atoms with Crippen LogP contribution in [0.25, 0.3) is 0 Å². The van der Waals surface area contributed by atoms with Crippen LogP contribution < -0.4 is 5.73 Å². The van der Waals surface area contributed by atoms with E-state index in [9.17, 15) is 0 Å². The molecule has 0 spiro atoms. The molecule has 0 heterocycles. The highest BCUT2D eigenvalue weighted by Gasteiger charge is 2.22. The number of allylic oxidation sites excluding steroid dienone is 4. The zero-order valence-corrected chi connectivity index (χ0v) is 10.00. The summed E-state index contributed by atoms with van der Waals surface area (Å²) >= 11 is 0. The van der Waals surface area contributed by atoms with Crippen LogP contribution in [-0.2, 0) is 0 Å². The van der Waals surface area contributed by atoms with Crippen LogP contribution >= 0.6 is 0 Å². The first-order chi connectivity index (χ1) is 7.15.